The first kappa shape index (κ1) is 18.4. The predicted molar refractivity (Wildman–Crippen MR) is 107 cm³/mol. The lowest BCUT2D eigenvalue weighted by molar-refractivity contribution is 0.0552. The molecule has 0 fully saturated rings. The van der Waals surface area contributed by atoms with E-state index in [1.165, 1.54) is 23.9 Å². The van der Waals surface area contributed by atoms with Gasteiger partial charge in [0.05, 0.1) is 29.0 Å². The minimum atomic E-state index is -1.05. The molecule has 0 aliphatic rings. The molecule has 0 saturated heterocycles. The van der Waals surface area contributed by atoms with Crippen LogP contribution in [0.15, 0.2) is 52.7 Å². The van der Waals surface area contributed by atoms with Gasteiger partial charge >= 0.3 is 0 Å². The molecule has 0 bridgehead atoms. The fourth-order valence-corrected chi connectivity index (χ4v) is 4.08. The van der Waals surface area contributed by atoms with Crippen LogP contribution in [0.1, 0.15) is 36.3 Å². The Kier molecular flexibility index (Phi) is 4.74. The smallest absolute Gasteiger partial charge is 0.270 e. The molecule has 3 N–H and O–H groups in total. The number of rotatable bonds is 6. The Labute approximate surface area is 165 Å². The van der Waals surface area contributed by atoms with E-state index in [0.717, 1.165) is 4.88 Å². The third-order valence-corrected chi connectivity index (χ3v) is 5.84. The van der Waals surface area contributed by atoms with E-state index in [1.807, 2.05) is 42.6 Å². The minimum Gasteiger partial charge on any atom is -0.435 e. The number of oxazole rings is 1. The molecular weight excluding hydrogens is 376 g/mol. The van der Waals surface area contributed by atoms with E-state index in [9.17, 15) is 9.90 Å². The van der Waals surface area contributed by atoms with Gasteiger partial charge in [0.1, 0.15) is 11.2 Å². The highest BCUT2D eigenvalue weighted by Gasteiger charge is 2.40. The summed E-state index contributed by atoms with van der Waals surface area (Å²) in [5.41, 5.74) is 1.19. The van der Waals surface area contributed by atoms with E-state index < -0.39 is 11.6 Å². The molecule has 0 spiro atoms. The summed E-state index contributed by atoms with van der Waals surface area (Å²) in [5.74, 6) is 0.170. The summed E-state index contributed by atoms with van der Waals surface area (Å²) in [4.78, 5) is 24.9. The van der Waals surface area contributed by atoms with Crippen molar-refractivity contribution in [3.63, 3.8) is 0 Å². The number of hydrogen-bond acceptors (Lipinski definition) is 6. The van der Waals surface area contributed by atoms with Crippen LogP contribution in [0.25, 0.3) is 21.9 Å². The first-order chi connectivity index (χ1) is 13.5. The lowest BCUT2D eigenvalue weighted by Gasteiger charge is -2.36. The van der Waals surface area contributed by atoms with Gasteiger partial charge in [0.15, 0.2) is 5.58 Å². The lowest BCUT2D eigenvalue weighted by Crippen LogP contribution is -2.52. The monoisotopic (exact) mass is 396 g/mol. The fraction of sp³-hybridized carbons (Fsp3) is 0.250. The number of aliphatic hydroxyl groups excluding tert-OH is 1. The summed E-state index contributed by atoms with van der Waals surface area (Å²) in [6, 6.07) is 9.45. The van der Waals surface area contributed by atoms with Crippen molar-refractivity contribution in [2.75, 3.05) is 0 Å². The predicted octanol–water partition coefficient (Wildman–Crippen LogP) is 3.70. The van der Waals surface area contributed by atoms with Gasteiger partial charge in [-0.25, -0.2) is 9.97 Å². The number of nitrogens with zero attached hydrogens (tertiary/aromatic N) is 2. The number of nitrogens with one attached hydrogen (secondary N) is 2. The Morgan fingerprint density at radius 2 is 2.25 bits per heavy atom. The zero-order chi connectivity index (χ0) is 19.7. The van der Waals surface area contributed by atoms with Crippen molar-refractivity contribution in [3.8, 4) is 10.8 Å². The molecule has 8 heteroatoms. The lowest BCUT2D eigenvalue weighted by atomic mass is 9.82. The number of aromatic nitrogens is 3. The number of para-hydroxylation sites is 1. The highest BCUT2D eigenvalue weighted by Crippen LogP contribution is 2.37. The van der Waals surface area contributed by atoms with Crippen LogP contribution in [-0.4, -0.2) is 32.1 Å². The first-order valence-electron chi connectivity index (χ1n) is 8.98. The first-order valence-corrected chi connectivity index (χ1v) is 9.86. The SMILES string of the molecule is CC[C@@](NC(=O)c1cnc[nH]1)(c1cccc2nc(-c3cccs3)oc12)[C@H](C)O. The normalized spacial score (nSPS) is 14.7. The number of amides is 1. The van der Waals surface area contributed by atoms with Crippen LogP contribution in [0.4, 0.5) is 0 Å². The highest BCUT2D eigenvalue weighted by molar-refractivity contribution is 7.13. The summed E-state index contributed by atoms with van der Waals surface area (Å²) >= 11 is 1.54. The van der Waals surface area contributed by atoms with Crippen molar-refractivity contribution in [2.24, 2.45) is 0 Å². The number of thiophene rings is 1. The molecule has 0 aliphatic carbocycles. The molecule has 4 rings (SSSR count). The molecule has 0 saturated carbocycles. The largest absolute Gasteiger partial charge is 0.435 e. The van der Waals surface area contributed by atoms with Crippen molar-refractivity contribution in [1.29, 1.82) is 0 Å². The van der Waals surface area contributed by atoms with Crippen LogP contribution in [-0.2, 0) is 5.54 Å². The van der Waals surface area contributed by atoms with Gasteiger partial charge in [0.2, 0.25) is 5.89 Å². The zero-order valence-electron chi connectivity index (χ0n) is 15.5. The van der Waals surface area contributed by atoms with Gasteiger partial charge < -0.3 is 19.8 Å². The summed E-state index contributed by atoms with van der Waals surface area (Å²) in [6.45, 7) is 3.57. The third kappa shape index (κ3) is 3.00. The Bertz CT molecular complexity index is 1090. The molecule has 0 aliphatic heterocycles. The standard InChI is InChI=1S/C20H20N4O3S/c1-3-20(12(2)25,24-18(26)15-10-21-11-22-15)13-6-4-7-14-17(13)27-19(23-14)16-8-5-9-28-16/h4-12,25H,3H2,1-2H3,(H,21,22)(H,24,26)/t12-,20-/m0/s1. The van der Waals surface area contributed by atoms with E-state index in [2.05, 4.69) is 20.3 Å². The maximum atomic E-state index is 12.7. The molecule has 3 heterocycles. The topological polar surface area (TPSA) is 104 Å². The van der Waals surface area contributed by atoms with Crippen LogP contribution >= 0.6 is 11.3 Å². The Morgan fingerprint density at radius 3 is 2.89 bits per heavy atom. The van der Waals surface area contributed by atoms with Crippen LogP contribution in [0, 0.1) is 0 Å². The number of benzene rings is 1. The number of carbonyl (C=O) groups excluding carboxylic acids is 1. The van der Waals surface area contributed by atoms with Crippen LogP contribution in [0.2, 0.25) is 0 Å². The molecular formula is C20H20N4O3S. The quantitative estimate of drug-likeness (QED) is 0.461. The summed E-state index contributed by atoms with van der Waals surface area (Å²) < 4.78 is 6.09. The van der Waals surface area contributed by atoms with Crippen molar-refractivity contribution in [1.82, 2.24) is 20.3 Å². The maximum absolute atomic E-state index is 12.7. The van der Waals surface area contributed by atoms with E-state index in [4.69, 9.17) is 4.42 Å². The number of aliphatic hydroxyl groups is 1. The Balaban J connectivity index is 1.84. The average molecular weight is 396 g/mol. The molecule has 0 unspecified atom stereocenters. The van der Waals surface area contributed by atoms with Crippen LogP contribution in [0.5, 0.6) is 0 Å². The molecule has 4 aromatic rings. The molecule has 1 amide bonds. The van der Waals surface area contributed by atoms with Crippen LogP contribution < -0.4 is 5.32 Å². The number of hydrogen-bond donors (Lipinski definition) is 3. The number of imidazole rings is 1. The number of carbonyl (C=O) groups is 1. The molecule has 0 radical (unpaired) electrons. The van der Waals surface area contributed by atoms with Crippen LogP contribution in [0.3, 0.4) is 0 Å². The van der Waals surface area contributed by atoms with E-state index in [-0.39, 0.29) is 5.91 Å². The van der Waals surface area contributed by atoms with Crippen molar-refractivity contribution >= 4 is 28.3 Å². The van der Waals surface area contributed by atoms with Crippen molar-refractivity contribution in [3.05, 3.63) is 59.5 Å². The number of H-pyrrole nitrogens is 1. The molecule has 7 nitrogen and oxygen atoms in total. The van der Waals surface area contributed by atoms with Crippen molar-refractivity contribution in [2.45, 2.75) is 31.9 Å². The second-order valence-electron chi connectivity index (χ2n) is 6.57. The van der Waals surface area contributed by atoms with Gasteiger partial charge in [-0.15, -0.1) is 11.3 Å². The molecule has 3 aromatic heterocycles. The minimum absolute atomic E-state index is 0.322. The molecule has 1 aromatic carbocycles. The second kappa shape index (κ2) is 7.21. The molecule has 2 atom stereocenters. The Morgan fingerprint density at radius 1 is 1.39 bits per heavy atom. The number of aromatic amines is 1. The fourth-order valence-electron chi connectivity index (χ4n) is 3.43. The second-order valence-corrected chi connectivity index (χ2v) is 7.52. The summed E-state index contributed by atoms with van der Waals surface area (Å²) in [6.07, 6.45) is 2.47. The van der Waals surface area contributed by atoms with E-state index in [0.29, 0.717) is 34.7 Å². The maximum Gasteiger partial charge on any atom is 0.270 e. The van der Waals surface area contributed by atoms with E-state index in [1.54, 1.807) is 6.92 Å². The Hall–Kier alpha value is -2.97. The third-order valence-electron chi connectivity index (χ3n) is 4.98. The number of fused-ring (bicyclic) bond motifs is 1. The summed E-state index contributed by atoms with van der Waals surface area (Å²) in [5, 5.41) is 15.7. The zero-order valence-corrected chi connectivity index (χ0v) is 16.3. The highest BCUT2D eigenvalue weighted by atomic mass is 32.1. The molecule has 144 valence electrons. The van der Waals surface area contributed by atoms with Gasteiger partial charge in [-0.1, -0.05) is 25.1 Å². The van der Waals surface area contributed by atoms with E-state index >= 15 is 0 Å². The van der Waals surface area contributed by atoms with Gasteiger partial charge in [0, 0.05) is 5.56 Å². The average Bonchev–Trinajstić information content (AvgIpc) is 3.45. The van der Waals surface area contributed by atoms with Gasteiger partial charge in [-0.2, -0.15) is 0 Å². The van der Waals surface area contributed by atoms with Crippen molar-refractivity contribution < 1.29 is 14.3 Å². The van der Waals surface area contributed by atoms with Gasteiger partial charge in [-0.3, -0.25) is 4.79 Å². The molecule has 28 heavy (non-hydrogen) atoms. The van der Waals surface area contributed by atoms with Gasteiger partial charge in [-0.05, 0) is 30.9 Å². The van der Waals surface area contributed by atoms with Gasteiger partial charge in [0.25, 0.3) is 5.91 Å². The summed E-state index contributed by atoms with van der Waals surface area (Å²) in [7, 11) is 0.